The van der Waals surface area contributed by atoms with Crippen LogP contribution in [0.2, 0.25) is 0 Å². The second kappa shape index (κ2) is 8.94. The van der Waals surface area contributed by atoms with Crippen molar-refractivity contribution in [2.24, 2.45) is 5.92 Å². The van der Waals surface area contributed by atoms with Gasteiger partial charge in [-0.05, 0) is 50.7 Å². The van der Waals surface area contributed by atoms with E-state index < -0.39 is 0 Å². The van der Waals surface area contributed by atoms with Gasteiger partial charge in [-0.25, -0.2) is 9.67 Å². The van der Waals surface area contributed by atoms with E-state index in [0.717, 1.165) is 68.4 Å². The van der Waals surface area contributed by atoms with Crippen LogP contribution in [0.25, 0.3) is 11.0 Å². The molecule has 2 atom stereocenters. The summed E-state index contributed by atoms with van der Waals surface area (Å²) in [5.74, 6) is 0.762. The minimum atomic E-state index is 0.0861. The van der Waals surface area contributed by atoms with Gasteiger partial charge in [-0.2, -0.15) is 5.10 Å². The molecule has 2 aromatic rings. The number of likely N-dealkylation sites (tertiary alicyclic amines) is 1. The monoisotopic (exact) mass is 425 g/mol. The first-order valence-corrected chi connectivity index (χ1v) is 11.7. The zero-order valence-electron chi connectivity index (χ0n) is 18.0. The van der Waals surface area contributed by atoms with Gasteiger partial charge in [0.15, 0.2) is 5.65 Å². The maximum absolute atomic E-state index is 12.8. The lowest BCUT2D eigenvalue weighted by Gasteiger charge is -2.32. The lowest BCUT2D eigenvalue weighted by atomic mass is 9.93. The Morgan fingerprint density at radius 3 is 2.90 bits per heavy atom. The van der Waals surface area contributed by atoms with Crippen LogP contribution in [0.5, 0.6) is 0 Å². The number of hydrogen-bond acceptors (Lipinski definition) is 5. The van der Waals surface area contributed by atoms with Crippen molar-refractivity contribution in [3.05, 3.63) is 24.0 Å². The fourth-order valence-electron chi connectivity index (χ4n) is 4.82. The van der Waals surface area contributed by atoms with Crippen molar-refractivity contribution in [2.45, 2.75) is 63.5 Å². The average Bonchev–Trinajstić information content (AvgIpc) is 3.41. The molecular weight excluding hydrogens is 394 g/mol. The van der Waals surface area contributed by atoms with Gasteiger partial charge in [0.25, 0.3) is 0 Å². The van der Waals surface area contributed by atoms with Crippen molar-refractivity contribution in [3.8, 4) is 0 Å². The van der Waals surface area contributed by atoms with Gasteiger partial charge in [-0.1, -0.05) is 0 Å². The summed E-state index contributed by atoms with van der Waals surface area (Å²) in [6.07, 6.45) is 8.41. The summed E-state index contributed by atoms with van der Waals surface area (Å²) in [7, 11) is 0. The summed E-state index contributed by atoms with van der Waals surface area (Å²) >= 11 is 0. The summed E-state index contributed by atoms with van der Waals surface area (Å²) in [5, 5.41) is 8.97. The number of ether oxygens (including phenoxy) is 1. The van der Waals surface area contributed by atoms with E-state index in [1.54, 1.807) is 6.20 Å². The summed E-state index contributed by atoms with van der Waals surface area (Å²) < 4.78 is 7.57. The van der Waals surface area contributed by atoms with Crippen LogP contribution < -0.4 is 5.32 Å². The number of carbonyl (C=O) groups excluding carboxylic acids is 2. The number of hydrogen-bond donors (Lipinski definition) is 1. The maximum atomic E-state index is 12.8. The maximum Gasteiger partial charge on any atom is 0.225 e. The third-order valence-corrected chi connectivity index (χ3v) is 6.69. The highest BCUT2D eigenvalue weighted by Crippen LogP contribution is 2.32. The molecule has 2 amide bonds. The molecule has 8 heteroatoms. The van der Waals surface area contributed by atoms with Crippen molar-refractivity contribution < 1.29 is 14.3 Å². The van der Waals surface area contributed by atoms with Gasteiger partial charge >= 0.3 is 0 Å². The van der Waals surface area contributed by atoms with Crippen LogP contribution in [0.1, 0.15) is 56.6 Å². The third kappa shape index (κ3) is 4.59. The Balaban J connectivity index is 1.28. The molecule has 2 saturated heterocycles. The zero-order valence-corrected chi connectivity index (χ0v) is 18.0. The van der Waals surface area contributed by atoms with Gasteiger partial charge in [0.1, 0.15) is 0 Å². The highest BCUT2D eigenvalue weighted by Gasteiger charge is 2.31. The second-order valence-electron chi connectivity index (χ2n) is 9.07. The first kappa shape index (κ1) is 20.4. The van der Waals surface area contributed by atoms with E-state index in [9.17, 15) is 9.59 Å². The Labute approximate surface area is 182 Å². The number of carbonyl (C=O) groups is 2. The predicted molar refractivity (Wildman–Crippen MR) is 115 cm³/mol. The van der Waals surface area contributed by atoms with Crippen molar-refractivity contribution in [2.75, 3.05) is 26.2 Å². The highest BCUT2D eigenvalue weighted by molar-refractivity contribution is 5.81. The molecular formula is C23H31N5O3. The number of aromatic nitrogens is 3. The van der Waals surface area contributed by atoms with Crippen molar-refractivity contribution >= 4 is 22.8 Å². The topological polar surface area (TPSA) is 89.4 Å². The number of amides is 2. The van der Waals surface area contributed by atoms with Crippen LogP contribution in [0, 0.1) is 5.92 Å². The Kier molecular flexibility index (Phi) is 5.89. The fourth-order valence-corrected chi connectivity index (χ4v) is 4.82. The van der Waals surface area contributed by atoms with Crippen molar-refractivity contribution in [1.29, 1.82) is 0 Å². The molecule has 0 radical (unpaired) electrons. The van der Waals surface area contributed by atoms with E-state index in [0.29, 0.717) is 26.1 Å². The molecule has 0 unspecified atom stereocenters. The molecule has 1 aliphatic carbocycles. The van der Waals surface area contributed by atoms with Gasteiger partial charge < -0.3 is 15.0 Å². The van der Waals surface area contributed by atoms with Crippen LogP contribution in [0.4, 0.5) is 0 Å². The van der Waals surface area contributed by atoms with Crippen molar-refractivity contribution in [1.82, 2.24) is 25.0 Å². The Morgan fingerprint density at radius 1 is 1.19 bits per heavy atom. The number of piperidine rings is 1. The molecule has 0 spiro atoms. The summed E-state index contributed by atoms with van der Waals surface area (Å²) in [6, 6.07) is 4.01. The summed E-state index contributed by atoms with van der Waals surface area (Å²) in [5.41, 5.74) is 1.87. The molecule has 31 heavy (non-hydrogen) atoms. The van der Waals surface area contributed by atoms with E-state index in [1.807, 2.05) is 15.6 Å². The quantitative estimate of drug-likeness (QED) is 0.735. The number of fused-ring (bicyclic) bond motifs is 1. The lowest BCUT2D eigenvalue weighted by Crippen LogP contribution is -2.40. The predicted octanol–water partition coefficient (Wildman–Crippen LogP) is 2.23. The number of rotatable bonds is 7. The first-order chi connectivity index (χ1) is 15.2. The fraction of sp³-hybridized carbons (Fsp3) is 0.652. The molecule has 5 rings (SSSR count). The number of pyridine rings is 1. The second-order valence-corrected chi connectivity index (χ2v) is 9.07. The molecule has 1 saturated carbocycles. The molecule has 166 valence electrons. The Morgan fingerprint density at radius 2 is 2.10 bits per heavy atom. The minimum absolute atomic E-state index is 0.0861. The molecule has 0 aromatic carbocycles. The SMILES string of the molecule is O=C(NCCn1nc([C@H]2CCCN(C(=O)C[C@@H]3CCCO3)C2)c2cccnc21)C1CC1. The Hall–Kier alpha value is -2.48. The van der Waals surface area contributed by atoms with E-state index >= 15 is 0 Å². The summed E-state index contributed by atoms with van der Waals surface area (Å²) in [6.45, 7) is 3.44. The molecule has 3 fully saturated rings. The van der Waals surface area contributed by atoms with Crippen LogP contribution in [-0.2, 0) is 20.9 Å². The third-order valence-electron chi connectivity index (χ3n) is 6.69. The van der Waals surface area contributed by atoms with E-state index in [4.69, 9.17) is 9.84 Å². The molecule has 8 nitrogen and oxygen atoms in total. The first-order valence-electron chi connectivity index (χ1n) is 11.7. The summed E-state index contributed by atoms with van der Waals surface area (Å²) in [4.78, 5) is 31.3. The smallest absolute Gasteiger partial charge is 0.225 e. The van der Waals surface area contributed by atoms with Crippen LogP contribution in [0.3, 0.4) is 0 Å². The van der Waals surface area contributed by atoms with Gasteiger partial charge in [0, 0.05) is 49.7 Å². The Bertz CT molecular complexity index is 948. The van der Waals surface area contributed by atoms with Crippen molar-refractivity contribution in [3.63, 3.8) is 0 Å². The van der Waals surface area contributed by atoms with Gasteiger partial charge in [0.2, 0.25) is 11.8 Å². The van der Waals surface area contributed by atoms with Gasteiger partial charge in [-0.15, -0.1) is 0 Å². The lowest BCUT2D eigenvalue weighted by molar-refractivity contribution is -0.134. The van der Waals surface area contributed by atoms with Gasteiger partial charge in [-0.3, -0.25) is 9.59 Å². The van der Waals surface area contributed by atoms with E-state index in [-0.39, 0.29) is 29.8 Å². The molecule has 0 bridgehead atoms. The van der Waals surface area contributed by atoms with E-state index in [1.165, 1.54) is 0 Å². The molecule has 1 N–H and O–H groups in total. The molecule has 4 heterocycles. The number of nitrogens with one attached hydrogen (secondary N) is 1. The minimum Gasteiger partial charge on any atom is -0.378 e. The normalized spacial score (nSPS) is 23.9. The van der Waals surface area contributed by atoms with Crippen LogP contribution in [-0.4, -0.2) is 63.8 Å². The molecule has 2 aliphatic heterocycles. The highest BCUT2D eigenvalue weighted by atomic mass is 16.5. The van der Waals surface area contributed by atoms with Crippen LogP contribution in [0.15, 0.2) is 18.3 Å². The van der Waals surface area contributed by atoms with Gasteiger partial charge in [0.05, 0.1) is 24.8 Å². The largest absolute Gasteiger partial charge is 0.378 e. The van der Waals surface area contributed by atoms with Crippen LogP contribution >= 0.6 is 0 Å². The standard InChI is InChI=1S/C23H31N5O3/c29-20(14-18-5-3-13-31-18)27-11-2-4-17(15-27)21-19-6-1-9-24-22(19)28(26-21)12-10-25-23(30)16-7-8-16/h1,6,9,16-18H,2-5,7-8,10-15H2,(H,25,30)/t17-,18-/m0/s1. The number of nitrogens with zero attached hydrogens (tertiary/aromatic N) is 4. The van der Waals surface area contributed by atoms with E-state index in [2.05, 4.69) is 16.4 Å². The average molecular weight is 426 g/mol. The molecule has 3 aliphatic rings. The molecule has 2 aromatic heterocycles. The zero-order chi connectivity index (χ0) is 21.2.